The van der Waals surface area contributed by atoms with Gasteiger partial charge < -0.3 is 4.74 Å². The zero-order chi connectivity index (χ0) is 30.2. The SMILES string of the molecule is CC(=O)OC[C@@]1(COS(=O)(=O)O)C(=O)CC[C@]23C[C@]24CC[C@]2(C)[C@@H]([C@H](C)CC(=O)CC(C)C)CC[C@@]2(C)C4CC[C@@H]13. The highest BCUT2D eigenvalue weighted by Gasteiger charge is 2.83. The monoisotopic (exact) mass is 594 g/mol. The molecule has 5 fully saturated rings. The van der Waals surface area contributed by atoms with Gasteiger partial charge in [0.15, 0.2) is 0 Å². The molecule has 0 aromatic rings. The van der Waals surface area contributed by atoms with Crippen LogP contribution >= 0.6 is 0 Å². The zero-order valence-corrected chi connectivity index (χ0v) is 26.6. The first kappa shape index (κ1) is 31.1. The van der Waals surface area contributed by atoms with Gasteiger partial charge in [-0.15, -0.1) is 0 Å². The molecule has 0 radical (unpaired) electrons. The number of rotatable bonds is 10. The van der Waals surface area contributed by atoms with Crippen molar-refractivity contribution in [3.63, 3.8) is 0 Å². The summed E-state index contributed by atoms with van der Waals surface area (Å²) in [6.07, 6.45) is 9.52. The molecule has 5 aliphatic carbocycles. The maximum atomic E-state index is 13.6. The molecule has 5 aliphatic rings. The standard InChI is InChI=1S/C32H50O8S/c1-20(2)15-23(34)16-21(3)24-9-11-29(6)25-7-8-26-30(18-39-22(4)33,19-40-41(36,37)38)27(35)10-12-31(26)17-32(25,31)14-13-28(24,29)5/h20-21,24-26H,7-19H2,1-6H3,(H,36,37,38)/t21-,24-,25?,26+,28-,29+,30+,31-,32+/m1/s1. The molecule has 0 amide bonds. The van der Waals surface area contributed by atoms with Gasteiger partial charge in [0, 0.05) is 26.2 Å². The summed E-state index contributed by atoms with van der Waals surface area (Å²) >= 11 is 0. The van der Waals surface area contributed by atoms with E-state index in [1.165, 1.54) is 6.92 Å². The highest BCUT2D eigenvalue weighted by atomic mass is 32.3. The van der Waals surface area contributed by atoms with Gasteiger partial charge in [0.25, 0.3) is 0 Å². The van der Waals surface area contributed by atoms with Crippen molar-refractivity contribution in [3.8, 4) is 0 Å². The molecule has 0 bridgehead atoms. The normalized spacial score (nSPS) is 43.9. The number of fused-ring (bicyclic) bond motifs is 2. The molecule has 9 atom stereocenters. The Labute approximate surface area is 246 Å². The first-order valence-electron chi connectivity index (χ1n) is 15.8. The minimum absolute atomic E-state index is 0.0794. The molecule has 5 rings (SSSR count). The molecule has 1 N–H and O–H groups in total. The van der Waals surface area contributed by atoms with Gasteiger partial charge in [-0.05, 0) is 103 Å². The van der Waals surface area contributed by atoms with Crippen molar-refractivity contribution in [1.29, 1.82) is 0 Å². The number of Topliss-reactive ketones (excluding diaryl/α,β-unsaturated/α-hetero) is 2. The van der Waals surface area contributed by atoms with E-state index in [1.807, 2.05) is 0 Å². The second-order valence-corrected chi connectivity index (χ2v) is 16.6. The maximum absolute atomic E-state index is 13.6. The lowest BCUT2D eigenvalue weighted by Crippen LogP contribution is -2.60. The van der Waals surface area contributed by atoms with Gasteiger partial charge in [0.1, 0.15) is 18.2 Å². The molecule has 8 nitrogen and oxygen atoms in total. The summed E-state index contributed by atoms with van der Waals surface area (Å²) in [5, 5.41) is 0. The Morgan fingerprint density at radius 2 is 1.59 bits per heavy atom. The van der Waals surface area contributed by atoms with E-state index in [0.717, 1.165) is 51.4 Å². The third-order valence-corrected chi connectivity index (χ3v) is 13.8. The van der Waals surface area contributed by atoms with Crippen molar-refractivity contribution in [1.82, 2.24) is 0 Å². The molecular weight excluding hydrogens is 544 g/mol. The van der Waals surface area contributed by atoms with Crippen LogP contribution in [0.1, 0.15) is 112 Å². The quantitative estimate of drug-likeness (QED) is 0.242. The Kier molecular flexibility index (Phi) is 7.68. The van der Waals surface area contributed by atoms with Crippen LogP contribution in [0.4, 0.5) is 0 Å². The van der Waals surface area contributed by atoms with Crippen LogP contribution in [0.2, 0.25) is 0 Å². The van der Waals surface area contributed by atoms with E-state index in [2.05, 4.69) is 34.6 Å². The highest BCUT2D eigenvalue weighted by Crippen LogP contribution is 2.88. The highest BCUT2D eigenvalue weighted by molar-refractivity contribution is 7.80. The molecule has 0 aromatic carbocycles. The fourth-order valence-corrected chi connectivity index (χ4v) is 12.0. The van der Waals surface area contributed by atoms with E-state index in [4.69, 9.17) is 8.92 Å². The lowest BCUT2D eigenvalue weighted by molar-refractivity contribution is -0.176. The predicted octanol–water partition coefficient (Wildman–Crippen LogP) is 5.98. The summed E-state index contributed by atoms with van der Waals surface area (Å²) < 4.78 is 43.0. The summed E-state index contributed by atoms with van der Waals surface area (Å²) in [7, 11) is -4.77. The van der Waals surface area contributed by atoms with E-state index in [9.17, 15) is 27.4 Å². The van der Waals surface area contributed by atoms with Gasteiger partial charge in [0.05, 0.1) is 12.0 Å². The summed E-state index contributed by atoms with van der Waals surface area (Å²) in [6, 6.07) is 0. The summed E-state index contributed by atoms with van der Waals surface area (Å²) in [5.41, 5.74) is -1.04. The fraction of sp³-hybridized carbons (Fsp3) is 0.906. The Bertz CT molecular complexity index is 1210. The Morgan fingerprint density at radius 3 is 2.22 bits per heavy atom. The van der Waals surface area contributed by atoms with Crippen molar-refractivity contribution >= 4 is 27.9 Å². The second-order valence-electron chi connectivity index (χ2n) is 15.5. The number of carbonyl (C=O) groups is 3. The Hall–Kier alpha value is -1.32. The Morgan fingerprint density at radius 1 is 0.927 bits per heavy atom. The molecule has 0 saturated heterocycles. The van der Waals surface area contributed by atoms with Crippen LogP contribution in [0.15, 0.2) is 0 Å². The summed E-state index contributed by atoms with van der Waals surface area (Å²) in [4.78, 5) is 38.3. The Balaban J connectivity index is 1.44. The van der Waals surface area contributed by atoms with Gasteiger partial charge in [0.2, 0.25) is 0 Å². The molecule has 0 heterocycles. The third kappa shape index (κ3) is 4.66. The van der Waals surface area contributed by atoms with Gasteiger partial charge in [-0.3, -0.25) is 18.9 Å². The minimum atomic E-state index is -4.77. The van der Waals surface area contributed by atoms with Gasteiger partial charge in [-0.25, -0.2) is 4.18 Å². The smallest absolute Gasteiger partial charge is 0.397 e. The first-order chi connectivity index (χ1) is 19.0. The predicted molar refractivity (Wildman–Crippen MR) is 153 cm³/mol. The van der Waals surface area contributed by atoms with E-state index >= 15 is 0 Å². The molecule has 232 valence electrons. The number of hydrogen-bond donors (Lipinski definition) is 1. The van der Waals surface area contributed by atoms with Gasteiger partial charge in [-0.1, -0.05) is 34.6 Å². The molecule has 2 spiro atoms. The molecule has 9 heteroatoms. The van der Waals surface area contributed by atoms with Gasteiger partial charge >= 0.3 is 16.4 Å². The van der Waals surface area contributed by atoms with E-state index in [1.54, 1.807) is 0 Å². The maximum Gasteiger partial charge on any atom is 0.397 e. The average molecular weight is 595 g/mol. The van der Waals surface area contributed by atoms with Crippen molar-refractivity contribution < 1.29 is 36.3 Å². The first-order valence-corrected chi connectivity index (χ1v) is 17.1. The van der Waals surface area contributed by atoms with Crippen LogP contribution in [0.5, 0.6) is 0 Å². The molecule has 1 unspecified atom stereocenters. The van der Waals surface area contributed by atoms with Crippen molar-refractivity contribution in [2.45, 2.75) is 112 Å². The van der Waals surface area contributed by atoms with Crippen LogP contribution in [-0.4, -0.2) is 43.7 Å². The van der Waals surface area contributed by atoms with Crippen molar-refractivity contribution in [3.05, 3.63) is 0 Å². The van der Waals surface area contributed by atoms with Gasteiger partial charge in [-0.2, -0.15) is 8.42 Å². The number of hydrogen-bond acceptors (Lipinski definition) is 7. The average Bonchev–Trinajstić information content (AvgIpc) is 3.44. The van der Waals surface area contributed by atoms with Crippen LogP contribution in [0.3, 0.4) is 0 Å². The zero-order valence-electron chi connectivity index (χ0n) is 25.8. The number of esters is 1. The van der Waals surface area contributed by atoms with E-state index < -0.39 is 28.4 Å². The lowest BCUT2D eigenvalue weighted by Gasteiger charge is -2.63. The fourth-order valence-electron chi connectivity index (χ4n) is 11.7. The molecule has 0 aromatic heterocycles. The summed E-state index contributed by atoms with van der Waals surface area (Å²) in [5.74, 6) is 1.30. The van der Waals surface area contributed by atoms with Crippen LogP contribution in [0.25, 0.3) is 0 Å². The third-order valence-electron chi connectivity index (χ3n) is 13.4. The van der Waals surface area contributed by atoms with Crippen LogP contribution in [-0.2, 0) is 33.7 Å². The molecule has 0 aliphatic heterocycles. The lowest BCUT2D eigenvalue weighted by atomic mass is 9.41. The van der Waals surface area contributed by atoms with E-state index in [0.29, 0.717) is 48.7 Å². The molecule has 5 saturated carbocycles. The summed E-state index contributed by atoms with van der Waals surface area (Å²) in [6.45, 7) is 12.0. The number of ketones is 2. The van der Waals surface area contributed by atoms with Crippen LogP contribution in [0, 0.1) is 56.7 Å². The molecule has 41 heavy (non-hydrogen) atoms. The number of carbonyl (C=O) groups excluding carboxylic acids is 3. The second kappa shape index (κ2) is 10.1. The van der Waals surface area contributed by atoms with Crippen molar-refractivity contribution in [2.24, 2.45) is 56.7 Å². The molecular formula is C32H50O8S. The van der Waals surface area contributed by atoms with E-state index in [-0.39, 0.29) is 40.0 Å². The van der Waals surface area contributed by atoms with Crippen LogP contribution < -0.4 is 0 Å². The topological polar surface area (TPSA) is 124 Å². The largest absolute Gasteiger partial charge is 0.465 e. The minimum Gasteiger partial charge on any atom is -0.465 e. The van der Waals surface area contributed by atoms with Crippen molar-refractivity contribution in [2.75, 3.05) is 13.2 Å². The number of ether oxygens (including phenoxy) is 1.